The van der Waals surface area contributed by atoms with Crippen molar-refractivity contribution in [3.8, 4) is 0 Å². The second-order valence-corrected chi connectivity index (χ2v) is 9.00. The number of rotatable bonds is 14. The number of Topliss-reactive ketones (excluding diaryl/α,β-unsaturated/α-hetero) is 1. The molecule has 1 aliphatic carbocycles. The van der Waals surface area contributed by atoms with E-state index >= 15 is 0 Å². The topological polar surface area (TPSA) is 69.7 Å². The van der Waals surface area contributed by atoms with E-state index in [1.54, 1.807) is 0 Å². The first-order valence-corrected chi connectivity index (χ1v) is 12.0. The molecular weight excluding hydrogens is 392 g/mol. The maximum absolute atomic E-state index is 12.5. The third-order valence-corrected chi connectivity index (χ3v) is 5.69. The molecule has 1 unspecified atom stereocenters. The molecule has 176 valence electrons. The monoisotopic (exact) mass is 434 g/mol. The van der Waals surface area contributed by atoms with E-state index in [0.717, 1.165) is 38.5 Å². The molecule has 0 aromatic heterocycles. The first-order chi connectivity index (χ1) is 14.7. The van der Waals surface area contributed by atoms with Crippen molar-refractivity contribution in [1.82, 2.24) is 0 Å². The van der Waals surface area contributed by atoms with Crippen molar-refractivity contribution in [3.05, 3.63) is 24.3 Å². The average molecular weight is 435 g/mol. The fourth-order valence-electron chi connectivity index (χ4n) is 4.13. The summed E-state index contributed by atoms with van der Waals surface area (Å²) in [5, 5.41) is 0. The first-order valence-electron chi connectivity index (χ1n) is 12.0. The van der Waals surface area contributed by atoms with Gasteiger partial charge in [-0.2, -0.15) is 0 Å². The number of carbonyl (C=O) groups is 3. The Morgan fingerprint density at radius 3 is 2.52 bits per heavy atom. The van der Waals surface area contributed by atoms with Crippen LogP contribution in [0.2, 0.25) is 0 Å². The molecule has 4 atom stereocenters. The van der Waals surface area contributed by atoms with Gasteiger partial charge in [0.1, 0.15) is 11.9 Å². The standard InChI is InChI=1S/C26H42O5/c1-6-7-10-13-22(31-21(5)27)16-17-23-20(4)18-25(28)24(23)14-11-8-9-12-15-26(29)30-19(2)3/h8,11,16-17,19-20,22-24H,6-7,9-10,12-15,18H2,1-5H3/b11-8-,17-16+/t20-,22?,23+,24-/m1/s1. The summed E-state index contributed by atoms with van der Waals surface area (Å²) in [6, 6.07) is 0. The van der Waals surface area contributed by atoms with Gasteiger partial charge in [-0.1, -0.05) is 44.9 Å². The summed E-state index contributed by atoms with van der Waals surface area (Å²) in [7, 11) is 0. The minimum Gasteiger partial charge on any atom is -0.463 e. The number of carbonyl (C=O) groups excluding carboxylic acids is 3. The highest BCUT2D eigenvalue weighted by atomic mass is 16.5. The summed E-state index contributed by atoms with van der Waals surface area (Å²) >= 11 is 0. The van der Waals surface area contributed by atoms with Crippen LogP contribution in [0.25, 0.3) is 0 Å². The van der Waals surface area contributed by atoms with E-state index in [4.69, 9.17) is 9.47 Å². The van der Waals surface area contributed by atoms with Gasteiger partial charge < -0.3 is 9.47 Å². The van der Waals surface area contributed by atoms with Gasteiger partial charge in [0, 0.05) is 25.7 Å². The fraction of sp³-hybridized carbons (Fsp3) is 0.731. The van der Waals surface area contributed by atoms with E-state index < -0.39 is 0 Å². The van der Waals surface area contributed by atoms with E-state index in [-0.39, 0.29) is 36.0 Å². The van der Waals surface area contributed by atoms with Crippen LogP contribution in [0.3, 0.4) is 0 Å². The molecule has 0 aliphatic heterocycles. The predicted molar refractivity (Wildman–Crippen MR) is 123 cm³/mol. The summed E-state index contributed by atoms with van der Waals surface area (Å²) in [6.07, 6.45) is 15.3. The number of esters is 2. The summed E-state index contributed by atoms with van der Waals surface area (Å²) < 4.78 is 10.6. The Morgan fingerprint density at radius 1 is 1.13 bits per heavy atom. The highest BCUT2D eigenvalue weighted by molar-refractivity contribution is 5.84. The molecule has 1 fully saturated rings. The fourth-order valence-corrected chi connectivity index (χ4v) is 4.13. The van der Waals surface area contributed by atoms with Crippen molar-refractivity contribution in [2.45, 2.75) is 105 Å². The third kappa shape index (κ3) is 11.3. The number of ketones is 1. The lowest BCUT2D eigenvalue weighted by Gasteiger charge is -2.19. The molecular formula is C26H42O5. The zero-order chi connectivity index (χ0) is 23.2. The molecule has 1 aliphatic rings. The average Bonchev–Trinajstić information content (AvgIpc) is 2.94. The summed E-state index contributed by atoms with van der Waals surface area (Å²) in [6.45, 7) is 9.41. The number of allylic oxidation sites excluding steroid dienone is 3. The summed E-state index contributed by atoms with van der Waals surface area (Å²) in [5.74, 6) is 0.321. The maximum atomic E-state index is 12.5. The molecule has 0 saturated heterocycles. The molecule has 0 heterocycles. The zero-order valence-electron chi connectivity index (χ0n) is 20.1. The molecule has 0 amide bonds. The second-order valence-electron chi connectivity index (χ2n) is 9.00. The van der Waals surface area contributed by atoms with Crippen LogP contribution < -0.4 is 0 Å². The molecule has 0 spiro atoms. The Hall–Kier alpha value is -1.91. The highest BCUT2D eigenvalue weighted by Gasteiger charge is 2.37. The van der Waals surface area contributed by atoms with Crippen LogP contribution in [0, 0.1) is 17.8 Å². The van der Waals surface area contributed by atoms with Crippen molar-refractivity contribution in [2.24, 2.45) is 17.8 Å². The Balaban J connectivity index is 2.58. The zero-order valence-corrected chi connectivity index (χ0v) is 20.1. The lowest BCUT2D eigenvalue weighted by Crippen LogP contribution is -2.17. The van der Waals surface area contributed by atoms with Crippen molar-refractivity contribution >= 4 is 17.7 Å². The van der Waals surface area contributed by atoms with Crippen molar-refractivity contribution in [3.63, 3.8) is 0 Å². The van der Waals surface area contributed by atoms with E-state index in [0.29, 0.717) is 31.0 Å². The van der Waals surface area contributed by atoms with Crippen LogP contribution in [0.1, 0.15) is 92.4 Å². The van der Waals surface area contributed by atoms with Gasteiger partial charge in [0.15, 0.2) is 0 Å². The van der Waals surface area contributed by atoms with Gasteiger partial charge in [-0.25, -0.2) is 0 Å². The quantitative estimate of drug-likeness (QED) is 0.191. The summed E-state index contributed by atoms with van der Waals surface area (Å²) in [4.78, 5) is 35.5. The van der Waals surface area contributed by atoms with Crippen LogP contribution >= 0.6 is 0 Å². The van der Waals surface area contributed by atoms with Crippen molar-refractivity contribution in [2.75, 3.05) is 0 Å². The number of unbranched alkanes of at least 4 members (excludes halogenated alkanes) is 3. The van der Waals surface area contributed by atoms with Gasteiger partial charge in [-0.15, -0.1) is 0 Å². The van der Waals surface area contributed by atoms with Gasteiger partial charge in [-0.3, -0.25) is 14.4 Å². The van der Waals surface area contributed by atoms with E-state index in [1.807, 2.05) is 19.9 Å². The molecule has 0 N–H and O–H groups in total. The molecule has 5 heteroatoms. The Bertz CT molecular complexity index is 619. The van der Waals surface area contributed by atoms with Crippen LogP contribution in [0.4, 0.5) is 0 Å². The molecule has 5 nitrogen and oxygen atoms in total. The molecule has 1 saturated carbocycles. The van der Waals surface area contributed by atoms with Crippen LogP contribution in [0.15, 0.2) is 24.3 Å². The molecule has 1 rings (SSSR count). The van der Waals surface area contributed by atoms with Gasteiger partial charge in [-0.05, 0) is 63.9 Å². The molecule has 0 aromatic rings. The molecule has 0 bridgehead atoms. The second kappa shape index (κ2) is 15.0. The van der Waals surface area contributed by atoms with Gasteiger partial charge in [0.25, 0.3) is 0 Å². The summed E-state index contributed by atoms with van der Waals surface area (Å²) in [5.41, 5.74) is 0. The van der Waals surface area contributed by atoms with Crippen LogP contribution in [-0.2, 0) is 23.9 Å². The van der Waals surface area contributed by atoms with Crippen LogP contribution in [0.5, 0.6) is 0 Å². The predicted octanol–water partition coefficient (Wildman–Crippen LogP) is 5.96. The SMILES string of the molecule is CCCCCC(/C=C/[C@H]1[C@H](C)CC(=O)[C@@H]1C/C=C\CCCC(=O)OC(C)C)OC(C)=O. The Kier molecular flexibility index (Phi) is 13.1. The lowest BCUT2D eigenvalue weighted by molar-refractivity contribution is -0.147. The largest absolute Gasteiger partial charge is 0.463 e. The third-order valence-electron chi connectivity index (χ3n) is 5.69. The molecule has 31 heavy (non-hydrogen) atoms. The minimum absolute atomic E-state index is 0.0259. The Morgan fingerprint density at radius 2 is 1.87 bits per heavy atom. The van der Waals surface area contributed by atoms with E-state index in [9.17, 15) is 14.4 Å². The lowest BCUT2D eigenvalue weighted by atomic mass is 9.87. The normalized spacial score (nSPS) is 22.5. The van der Waals surface area contributed by atoms with E-state index in [2.05, 4.69) is 32.1 Å². The number of ether oxygens (including phenoxy) is 2. The van der Waals surface area contributed by atoms with Crippen molar-refractivity contribution < 1.29 is 23.9 Å². The first kappa shape index (κ1) is 27.1. The van der Waals surface area contributed by atoms with E-state index in [1.165, 1.54) is 6.92 Å². The number of hydrogen-bond donors (Lipinski definition) is 0. The van der Waals surface area contributed by atoms with Gasteiger partial charge in [0.05, 0.1) is 6.10 Å². The van der Waals surface area contributed by atoms with Gasteiger partial charge >= 0.3 is 11.9 Å². The smallest absolute Gasteiger partial charge is 0.306 e. The molecule has 0 aromatic carbocycles. The minimum atomic E-state index is -0.265. The van der Waals surface area contributed by atoms with Gasteiger partial charge in [0.2, 0.25) is 0 Å². The van der Waals surface area contributed by atoms with Crippen LogP contribution in [-0.4, -0.2) is 29.9 Å². The maximum Gasteiger partial charge on any atom is 0.306 e. The molecule has 0 radical (unpaired) electrons. The Labute approximate surface area is 188 Å². The highest BCUT2D eigenvalue weighted by Crippen LogP contribution is 2.37. The number of hydrogen-bond acceptors (Lipinski definition) is 5. The van der Waals surface area contributed by atoms with Crippen molar-refractivity contribution in [1.29, 1.82) is 0 Å².